The molecule has 2 nitrogen and oxygen atoms in total. The van der Waals surface area contributed by atoms with Gasteiger partial charge >= 0.3 is 0 Å². The molecule has 0 spiro atoms. The number of hydrogen-bond acceptors (Lipinski definition) is 2. The zero-order valence-electron chi connectivity index (χ0n) is 13.8. The van der Waals surface area contributed by atoms with Crippen LogP contribution in [0.15, 0.2) is 30.3 Å². The minimum absolute atomic E-state index is 0.803. The van der Waals surface area contributed by atoms with Crippen molar-refractivity contribution in [3.63, 3.8) is 0 Å². The predicted molar refractivity (Wildman–Crippen MR) is 89.4 cm³/mol. The topological polar surface area (TPSA) is 6.48 Å². The van der Waals surface area contributed by atoms with E-state index >= 15 is 0 Å². The second-order valence-electron chi connectivity index (χ2n) is 6.15. The second-order valence-corrected chi connectivity index (χ2v) is 6.15. The molecule has 0 bridgehead atoms. The fraction of sp³-hybridized carbons (Fsp3) is 0.667. The molecule has 114 valence electrons. The highest BCUT2D eigenvalue weighted by molar-refractivity contribution is 5.19. The van der Waals surface area contributed by atoms with Crippen LogP contribution < -0.4 is 0 Å². The Morgan fingerprint density at radius 2 is 1.70 bits per heavy atom. The van der Waals surface area contributed by atoms with Crippen molar-refractivity contribution in [2.24, 2.45) is 0 Å². The monoisotopic (exact) mass is 276 g/mol. The van der Waals surface area contributed by atoms with Gasteiger partial charge in [0.1, 0.15) is 0 Å². The van der Waals surface area contributed by atoms with Gasteiger partial charge in [-0.2, -0.15) is 0 Å². The lowest BCUT2D eigenvalue weighted by molar-refractivity contribution is 0.255. The van der Waals surface area contributed by atoms with Gasteiger partial charge in [-0.05, 0) is 71.5 Å². The number of hydrogen-bond donors (Lipinski definition) is 0. The van der Waals surface area contributed by atoms with Crippen molar-refractivity contribution in [1.82, 2.24) is 9.80 Å². The zero-order chi connectivity index (χ0) is 14.8. The molecule has 1 saturated heterocycles. The molecule has 0 aliphatic carbocycles. The second kappa shape index (κ2) is 9.95. The summed E-state index contributed by atoms with van der Waals surface area (Å²) >= 11 is 0. The third kappa shape index (κ3) is 7.06. The van der Waals surface area contributed by atoms with E-state index in [2.05, 4.69) is 68.2 Å². The van der Waals surface area contributed by atoms with Gasteiger partial charge in [-0.1, -0.05) is 43.7 Å². The van der Waals surface area contributed by atoms with Crippen LogP contribution in [0.5, 0.6) is 0 Å². The summed E-state index contributed by atoms with van der Waals surface area (Å²) in [4.78, 5) is 4.63. The summed E-state index contributed by atoms with van der Waals surface area (Å²) in [6, 6.07) is 10.9. The van der Waals surface area contributed by atoms with Crippen molar-refractivity contribution in [3.05, 3.63) is 35.9 Å². The first-order chi connectivity index (χ1) is 9.63. The van der Waals surface area contributed by atoms with Crippen LogP contribution in [0, 0.1) is 0 Å². The summed E-state index contributed by atoms with van der Waals surface area (Å²) in [5.41, 5.74) is 1.52. The van der Waals surface area contributed by atoms with E-state index < -0.39 is 0 Å². The molecule has 1 aromatic rings. The average molecular weight is 276 g/mol. The number of piperidine rings is 1. The highest BCUT2D eigenvalue weighted by Crippen LogP contribution is 2.26. The van der Waals surface area contributed by atoms with E-state index in [0.717, 1.165) is 5.92 Å². The predicted octanol–water partition coefficient (Wildman–Crippen LogP) is 3.84. The number of unbranched alkanes of at least 4 members (excludes halogenated alkanes) is 1. The number of nitrogens with zero attached hydrogens (tertiary/aromatic N) is 2. The van der Waals surface area contributed by atoms with Crippen LogP contribution in [-0.4, -0.2) is 50.6 Å². The Bertz CT molecular complexity index is 327. The lowest BCUT2D eigenvalue weighted by Gasteiger charge is -2.29. The maximum Gasteiger partial charge on any atom is -0.00159 e. The van der Waals surface area contributed by atoms with E-state index in [4.69, 9.17) is 0 Å². The third-order valence-corrected chi connectivity index (χ3v) is 3.95. The largest absolute Gasteiger partial charge is 0.309 e. The van der Waals surface area contributed by atoms with Crippen molar-refractivity contribution in [2.75, 3.05) is 40.8 Å². The van der Waals surface area contributed by atoms with E-state index in [9.17, 15) is 0 Å². The van der Waals surface area contributed by atoms with Gasteiger partial charge in [0.25, 0.3) is 0 Å². The van der Waals surface area contributed by atoms with Gasteiger partial charge in [0.2, 0.25) is 0 Å². The fourth-order valence-corrected chi connectivity index (χ4v) is 2.54. The van der Waals surface area contributed by atoms with Crippen LogP contribution in [0.2, 0.25) is 0 Å². The number of rotatable bonds is 4. The van der Waals surface area contributed by atoms with E-state index in [1.54, 1.807) is 0 Å². The van der Waals surface area contributed by atoms with Gasteiger partial charge in [-0.25, -0.2) is 0 Å². The molecule has 0 unspecified atom stereocenters. The molecule has 0 atom stereocenters. The highest BCUT2D eigenvalue weighted by Gasteiger charge is 2.17. The van der Waals surface area contributed by atoms with Gasteiger partial charge in [0.15, 0.2) is 0 Å². The first kappa shape index (κ1) is 17.2. The van der Waals surface area contributed by atoms with Gasteiger partial charge in [-0.3, -0.25) is 0 Å². The summed E-state index contributed by atoms with van der Waals surface area (Å²) in [6.45, 7) is 5.94. The third-order valence-electron chi connectivity index (χ3n) is 3.95. The minimum Gasteiger partial charge on any atom is -0.309 e. The van der Waals surface area contributed by atoms with Gasteiger partial charge in [0, 0.05) is 0 Å². The minimum atomic E-state index is 0.803. The zero-order valence-corrected chi connectivity index (χ0v) is 13.8. The summed E-state index contributed by atoms with van der Waals surface area (Å²) in [5, 5.41) is 0. The van der Waals surface area contributed by atoms with Crippen molar-refractivity contribution < 1.29 is 0 Å². The first-order valence-electron chi connectivity index (χ1n) is 8.01. The smallest absolute Gasteiger partial charge is 0.00159 e. The standard InChI is InChI=1S/C12H17N.C6H15N/c1-13-9-7-12(8-10-13)11-5-3-2-4-6-11;1-4-5-6-7(2)3/h2-6,12H,7-10H2,1H3;4-6H2,1-3H3. The first-order valence-corrected chi connectivity index (χ1v) is 8.01. The molecule has 1 heterocycles. The van der Waals surface area contributed by atoms with Gasteiger partial charge in [0.05, 0.1) is 0 Å². The van der Waals surface area contributed by atoms with Gasteiger partial charge < -0.3 is 9.80 Å². The van der Waals surface area contributed by atoms with Crippen molar-refractivity contribution >= 4 is 0 Å². The molecule has 0 saturated carbocycles. The average Bonchev–Trinajstić information content (AvgIpc) is 2.47. The Labute approximate surface area is 125 Å². The molecule has 2 heteroatoms. The summed E-state index contributed by atoms with van der Waals surface area (Å²) in [5.74, 6) is 0.803. The molecule has 0 radical (unpaired) electrons. The molecule has 0 N–H and O–H groups in total. The summed E-state index contributed by atoms with van der Waals surface area (Å²) < 4.78 is 0. The lowest BCUT2D eigenvalue weighted by Crippen LogP contribution is -2.29. The lowest BCUT2D eigenvalue weighted by atomic mass is 9.90. The Hall–Kier alpha value is -0.860. The van der Waals surface area contributed by atoms with E-state index in [1.165, 1.54) is 50.9 Å². The van der Waals surface area contributed by atoms with E-state index in [-0.39, 0.29) is 0 Å². The van der Waals surface area contributed by atoms with Crippen LogP contribution in [0.4, 0.5) is 0 Å². The molecule has 0 aromatic heterocycles. The molecular weight excluding hydrogens is 244 g/mol. The maximum atomic E-state index is 2.42. The summed E-state index contributed by atoms with van der Waals surface area (Å²) in [7, 11) is 6.42. The van der Waals surface area contributed by atoms with Crippen molar-refractivity contribution in [3.8, 4) is 0 Å². The van der Waals surface area contributed by atoms with Crippen LogP contribution in [0.1, 0.15) is 44.1 Å². The molecule has 1 fully saturated rings. The Kier molecular flexibility index (Phi) is 8.56. The maximum absolute atomic E-state index is 2.42. The molecular formula is C18H32N2. The SMILES string of the molecule is CCCCN(C)C.CN1CCC(c2ccccc2)CC1. The Morgan fingerprint density at radius 1 is 1.10 bits per heavy atom. The van der Waals surface area contributed by atoms with Gasteiger partial charge in [-0.15, -0.1) is 0 Å². The van der Waals surface area contributed by atoms with E-state index in [1.807, 2.05) is 0 Å². The highest BCUT2D eigenvalue weighted by atomic mass is 15.1. The quantitative estimate of drug-likeness (QED) is 0.824. The van der Waals surface area contributed by atoms with E-state index in [0.29, 0.717) is 0 Å². The number of likely N-dealkylation sites (tertiary alicyclic amines) is 1. The van der Waals surface area contributed by atoms with Crippen LogP contribution in [0.3, 0.4) is 0 Å². The van der Waals surface area contributed by atoms with Crippen LogP contribution in [-0.2, 0) is 0 Å². The Balaban J connectivity index is 0.000000246. The van der Waals surface area contributed by atoms with Crippen LogP contribution in [0.25, 0.3) is 0 Å². The van der Waals surface area contributed by atoms with Crippen molar-refractivity contribution in [2.45, 2.75) is 38.5 Å². The fourth-order valence-electron chi connectivity index (χ4n) is 2.54. The van der Waals surface area contributed by atoms with Crippen LogP contribution >= 0.6 is 0 Å². The number of benzene rings is 1. The molecule has 1 aliphatic rings. The molecule has 1 aliphatic heterocycles. The molecule has 0 amide bonds. The molecule has 20 heavy (non-hydrogen) atoms. The molecule has 1 aromatic carbocycles. The van der Waals surface area contributed by atoms with Crippen molar-refractivity contribution in [1.29, 1.82) is 0 Å². The summed E-state index contributed by atoms with van der Waals surface area (Å²) in [6.07, 6.45) is 5.27. The molecule has 2 rings (SSSR count). The Morgan fingerprint density at radius 3 is 2.15 bits per heavy atom. The normalized spacial score (nSPS) is 16.9.